The molecule has 0 aliphatic rings. The molecule has 0 unspecified atom stereocenters. The summed E-state index contributed by atoms with van der Waals surface area (Å²) in [5.74, 6) is 0. The minimum atomic E-state index is -0.130. The third-order valence-corrected chi connectivity index (χ3v) is 2.36. The van der Waals surface area contributed by atoms with Gasteiger partial charge in [-0.25, -0.2) is 0 Å². The van der Waals surface area contributed by atoms with E-state index in [-0.39, 0.29) is 5.56 Å². The van der Waals surface area contributed by atoms with Crippen molar-refractivity contribution in [1.29, 1.82) is 0 Å². The van der Waals surface area contributed by atoms with Crippen LogP contribution >= 0.6 is 15.9 Å². The molecule has 1 heterocycles. The Kier molecular flexibility index (Phi) is 2.45. The second-order valence-electron chi connectivity index (χ2n) is 2.76. The minimum Gasteiger partial charge on any atom is -0.281 e. The van der Waals surface area contributed by atoms with Gasteiger partial charge in [0, 0.05) is 22.6 Å². The molecule has 2 aromatic rings. The van der Waals surface area contributed by atoms with Crippen LogP contribution in [0.25, 0.3) is 5.69 Å². The van der Waals surface area contributed by atoms with E-state index >= 15 is 0 Å². The smallest absolute Gasteiger partial charge is 0.273 e. The Labute approximate surface area is 89.2 Å². The monoisotopic (exact) mass is 250 g/mol. The summed E-state index contributed by atoms with van der Waals surface area (Å²) in [6.07, 6.45) is 4.52. The molecule has 0 saturated heterocycles. The van der Waals surface area contributed by atoms with Crippen molar-refractivity contribution in [3.8, 4) is 5.69 Å². The second kappa shape index (κ2) is 3.75. The number of rotatable bonds is 1. The molecule has 0 aliphatic carbocycles. The SMILES string of the molecule is O=c1cnccn1-c1ccc(Br)cc1. The maximum absolute atomic E-state index is 11.4. The molecule has 1 aromatic heterocycles. The summed E-state index contributed by atoms with van der Waals surface area (Å²) in [6.45, 7) is 0. The summed E-state index contributed by atoms with van der Waals surface area (Å²) in [5, 5.41) is 0. The van der Waals surface area contributed by atoms with Gasteiger partial charge in [-0.05, 0) is 24.3 Å². The fourth-order valence-electron chi connectivity index (χ4n) is 1.16. The molecular weight excluding hydrogens is 244 g/mol. The first-order chi connectivity index (χ1) is 6.77. The van der Waals surface area contributed by atoms with Gasteiger partial charge in [-0.3, -0.25) is 14.3 Å². The van der Waals surface area contributed by atoms with E-state index in [0.29, 0.717) is 0 Å². The lowest BCUT2D eigenvalue weighted by Crippen LogP contribution is -2.16. The van der Waals surface area contributed by atoms with Crippen LogP contribution in [0, 0.1) is 0 Å². The number of hydrogen-bond acceptors (Lipinski definition) is 2. The highest BCUT2D eigenvalue weighted by atomic mass is 79.9. The Morgan fingerprint density at radius 3 is 2.57 bits per heavy atom. The van der Waals surface area contributed by atoms with Gasteiger partial charge in [0.25, 0.3) is 5.56 Å². The van der Waals surface area contributed by atoms with Crippen molar-refractivity contribution >= 4 is 15.9 Å². The van der Waals surface area contributed by atoms with Gasteiger partial charge in [0.15, 0.2) is 0 Å². The predicted octanol–water partition coefficient (Wildman–Crippen LogP) is 1.99. The van der Waals surface area contributed by atoms with E-state index in [2.05, 4.69) is 20.9 Å². The van der Waals surface area contributed by atoms with E-state index in [4.69, 9.17) is 0 Å². The minimum absolute atomic E-state index is 0.130. The summed E-state index contributed by atoms with van der Waals surface area (Å²) in [5.41, 5.74) is 0.704. The fraction of sp³-hybridized carbons (Fsp3) is 0. The Hall–Kier alpha value is -1.42. The van der Waals surface area contributed by atoms with Gasteiger partial charge in [0.1, 0.15) is 0 Å². The fourth-order valence-corrected chi connectivity index (χ4v) is 1.43. The molecule has 0 bridgehead atoms. The lowest BCUT2D eigenvalue weighted by Gasteiger charge is -2.03. The highest BCUT2D eigenvalue weighted by Crippen LogP contribution is 2.12. The van der Waals surface area contributed by atoms with Crippen LogP contribution in [-0.2, 0) is 0 Å². The Morgan fingerprint density at radius 1 is 1.21 bits per heavy atom. The number of halogens is 1. The van der Waals surface area contributed by atoms with Gasteiger partial charge in [-0.2, -0.15) is 0 Å². The third kappa shape index (κ3) is 1.75. The van der Waals surface area contributed by atoms with Crippen molar-refractivity contribution in [2.24, 2.45) is 0 Å². The van der Waals surface area contributed by atoms with Gasteiger partial charge in [-0.15, -0.1) is 0 Å². The molecule has 70 valence electrons. The number of nitrogens with zero attached hydrogens (tertiary/aromatic N) is 2. The largest absolute Gasteiger partial charge is 0.281 e. The van der Waals surface area contributed by atoms with Gasteiger partial charge in [0.2, 0.25) is 0 Å². The van der Waals surface area contributed by atoms with Gasteiger partial charge in [-0.1, -0.05) is 15.9 Å². The van der Waals surface area contributed by atoms with E-state index < -0.39 is 0 Å². The molecule has 0 N–H and O–H groups in total. The highest BCUT2D eigenvalue weighted by Gasteiger charge is 1.97. The molecule has 0 aliphatic heterocycles. The lowest BCUT2D eigenvalue weighted by molar-refractivity contribution is 0.956. The van der Waals surface area contributed by atoms with Crippen molar-refractivity contribution < 1.29 is 0 Å². The van der Waals surface area contributed by atoms with Crippen LogP contribution in [0.2, 0.25) is 0 Å². The normalized spacial score (nSPS) is 10.1. The van der Waals surface area contributed by atoms with Crippen LogP contribution in [-0.4, -0.2) is 9.55 Å². The molecule has 4 heteroatoms. The van der Waals surface area contributed by atoms with Crippen molar-refractivity contribution in [1.82, 2.24) is 9.55 Å². The van der Waals surface area contributed by atoms with Gasteiger partial charge < -0.3 is 0 Å². The summed E-state index contributed by atoms with van der Waals surface area (Å²) >= 11 is 3.34. The predicted molar refractivity (Wildman–Crippen MR) is 57.5 cm³/mol. The van der Waals surface area contributed by atoms with Crippen LogP contribution in [0.1, 0.15) is 0 Å². The van der Waals surface area contributed by atoms with Crippen molar-refractivity contribution in [2.45, 2.75) is 0 Å². The van der Waals surface area contributed by atoms with Crippen molar-refractivity contribution in [2.75, 3.05) is 0 Å². The van der Waals surface area contributed by atoms with Crippen LogP contribution in [0.15, 0.2) is 52.1 Å². The van der Waals surface area contributed by atoms with Gasteiger partial charge in [0.05, 0.1) is 6.20 Å². The molecular formula is C10H7BrN2O. The molecule has 0 amide bonds. The topological polar surface area (TPSA) is 34.9 Å². The van der Waals surface area contributed by atoms with Crippen LogP contribution in [0.5, 0.6) is 0 Å². The maximum atomic E-state index is 11.4. The Balaban J connectivity index is 2.56. The first-order valence-corrected chi connectivity index (χ1v) is 4.85. The zero-order chi connectivity index (χ0) is 9.97. The molecule has 0 atom stereocenters. The first kappa shape index (κ1) is 9.15. The maximum Gasteiger partial charge on any atom is 0.273 e. The Morgan fingerprint density at radius 2 is 1.93 bits per heavy atom. The molecule has 14 heavy (non-hydrogen) atoms. The standard InChI is InChI=1S/C10H7BrN2O/c11-8-1-3-9(4-2-8)13-6-5-12-7-10(13)14/h1-7H. The first-order valence-electron chi connectivity index (χ1n) is 4.06. The quantitative estimate of drug-likeness (QED) is 0.776. The number of hydrogen-bond donors (Lipinski definition) is 0. The lowest BCUT2D eigenvalue weighted by atomic mass is 10.3. The summed E-state index contributed by atoms with van der Waals surface area (Å²) in [7, 11) is 0. The zero-order valence-electron chi connectivity index (χ0n) is 7.22. The van der Waals surface area contributed by atoms with Crippen LogP contribution in [0.3, 0.4) is 0 Å². The molecule has 0 radical (unpaired) electrons. The Bertz CT molecular complexity index is 490. The average Bonchev–Trinajstić information content (AvgIpc) is 2.20. The van der Waals surface area contributed by atoms with E-state index in [9.17, 15) is 4.79 Å². The van der Waals surface area contributed by atoms with Crippen molar-refractivity contribution in [3.63, 3.8) is 0 Å². The summed E-state index contributed by atoms with van der Waals surface area (Å²) < 4.78 is 2.53. The molecule has 3 nitrogen and oxygen atoms in total. The van der Waals surface area contributed by atoms with E-state index in [0.717, 1.165) is 10.2 Å². The third-order valence-electron chi connectivity index (χ3n) is 1.83. The summed E-state index contributed by atoms with van der Waals surface area (Å²) in [6, 6.07) is 7.52. The molecule has 0 saturated carbocycles. The van der Waals surface area contributed by atoms with E-state index in [1.807, 2.05) is 24.3 Å². The molecule has 2 rings (SSSR count). The summed E-state index contributed by atoms with van der Waals surface area (Å²) in [4.78, 5) is 15.1. The van der Waals surface area contributed by atoms with Crippen LogP contribution in [0.4, 0.5) is 0 Å². The zero-order valence-corrected chi connectivity index (χ0v) is 8.81. The average molecular weight is 251 g/mol. The number of aromatic nitrogens is 2. The second-order valence-corrected chi connectivity index (χ2v) is 3.68. The number of benzene rings is 1. The van der Waals surface area contributed by atoms with E-state index in [1.165, 1.54) is 6.20 Å². The van der Waals surface area contributed by atoms with E-state index in [1.54, 1.807) is 17.0 Å². The molecule has 0 fully saturated rings. The van der Waals surface area contributed by atoms with Gasteiger partial charge >= 0.3 is 0 Å². The van der Waals surface area contributed by atoms with Crippen molar-refractivity contribution in [3.05, 3.63) is 57.7 Å². The highest BCUT2D eigenvalue weighted by molar-refractivity contribution is 9.10. The van der Waals surface area contributed by atoms with Crippen LogP contribution < -0.4 is 5.56 Å². The molecule has 0 spiro atoms. The molecule has 1 aromatic carbocycles.